The van der Waals surface area contributed by atoms with Gasteiger partial charge in [0.1, 0.15) is 35.6 Å². The molecule has 9 rings (SSSR count). The third kappa shape index (κ3) is 17.5. The molecule has 33 heteroatoms. The first-order valence-corrected chi connectivity index (χ1v) is 33.3. The van der Waals surface area contributed by atoms with Gasteiger partial charge in [0.25, 0.3) is 30.6 Å². The molecule has 0 radical (unpaired) electrons. The molecular formula is C51H57Cl3F3N9O12S6. The molecule has 3 fully saturated rings. The maximum absolute atomic E-state index is 13.3. The molecular weight excluding hydrogens is 1290 g/mol. The number of benzene rings is 3. The van der Waals surface area contributed by atoms with E-state index in [4.69, 9.17) is 49.0 Å². The molecule has 3 amide bonds. The summed E-state index contributed by atoms with van der Waals surface area (Å²) in [7, 11) is -7.37. The Morgan fingerprint density at radius 1 is 0.488 bits per heavy atom. The van der Waals surface area contributed by atoms with Gasteiger partial charge in [-0.25, -0.2) is 13.2 Å². The number of nitrogens with zero attached hydrogens (tertiary/aromatic N) is 3. The van der Waals surface area contributed by atoms with Crippen LogP contribution in [-0.2, 0) is 59.2 Å². The molecule has 6 aromatic rings. The largest absolute Gasteiger partial charge is 0.383 e. The maximum atomic E-state index is 13.3. The lowest BCUT2D eigenvalue weighted by Gasteiger charge is -2.37. The molecule has 2 unspecified atom stereocenters. The minimum absolute atomic E-state index is 0.0191. The number of rotatable bonds is 18. The molecule has 3 aliphatic rings. The summed E-state index contributed by atoms with van der Waals surface area (Å²) >= 11 is 21.5. The summed E-state index contributed by atoms with van der Waals surface area (Å²) in [5.74, 6) is -3.39. The summed E-state index contributed by atoms with van der Waals surface area (Å²) in [6, 6.07) is 17.8. The zero-order valence-corrected chi connectivity index (χ0v) is 51.8. The van der Waals surface area contributed by atoms with E-state index in [1.54, 1.807) is 0 Å². The van der Waals surface area contributed by atoms with Gasteiger partial charge in [-0.15, -0.1) is 34.0 Å². The molecule has 3 aromatic carbocycles. The summed E-state index contributed by atoms with van der Waals surface area (Å²) in [5, 5.41) is 13.0. The van der Waals surface area contributed by atoms with Crippen LogP contribution in [0.25, 0.3) is 0 Å². The van der Waals surface area contributed by atoms with E-state index in [-0.39, 0.29) is 90.8 Å². The van der Waals surface area contributed by atoms with E-state index >= 15 is 0 Å². The fraction of sp³-hybridized carbons (Fsp3) is 0.353. The molecule has 0 bridgehead atoms. The molecule has 0 saturated carbocycles. The quantitative estimate of drug-likeness (QED) is 0.0475. The molecule has 3 saturated heterocycles. The van der Waals surface area contributed by atoms with Gasteiger partial charge < -0.3 is 30.2 Å². The van der Waals surface area contributed by atoms with Gasteiger partial charge in [-0.1, -0.05) is 53.0 Å². The highest BCUT2D eigenvalue weighted by Gasteiger charge is 2.46. The van der Waals surface area contributed by atoms with Gasteiger partial charge in [0.15, 0.2) is 0 Å². The van der Waals surface area contributed by atoms with Gasteiger partial charge in [0.2, 0.25) is 17.7 Å². The Hall–Kier alpha value is -4.68. The summed E-state index contributed by atoms with van der Waals surface area (Å²) in [5.41, 5.74) is 0.852. The van der Waals surface area contributed by atoms with Crippen LogP contribution >= 0.6 is 68.8 Å². The number of amides is 3. The van der Waals surface area contributed by atoms with Crippen LogP contribution in [0.2, 0.25) is 15.1 Å². The van der Waals surface area contributed by atoms with Crippen LogP contribution in [-0.4, -0.2) is 135 Å². The van der Waals surface area contributed by atoms with Gasteiger partial charge in [0, 0.05) is 72.7 Å². The van der Waals surface area contributed by atoms with Crippen molar-refractivity contribution in [2.45, 2.75) is 55.5 Å². The average Bonchev–Trinajstić information content (AvgIpc) is 3.72. The Kier molecular flexibility index (Phi) is 24.1. The molecule has 6 heterocycles. The highest BCUT2D eigenvalue weighted by atomic mass is 35.5. The lowest BCUT2D eigenvalue weighted by atomic mass is 10.0. The third-order valence-corrected chi connectivity index (χ3v) is 21.6. The predicted octanol–water partition coefficient (Wildman–Crippen LogP) is 8.33. The van der Waals surface area contributed by atoms with Crippen LogP contribution in [0.5, 0.6) is 0 Å². The van der Waals surface area contributed by atoms with Gasteiger partial charge in [0.05, 0.1) is 53.0 Å². The Labute approximate surface area is 511 Å². The number of methoxy groups -OCH3 is 3. The second-order valence-corrected chi connectivity index (χ2v) is 27.6. The van der Waals surface area contributed by atoms with E-state index < -0.39 is 102 Å². The molecule has 6 N–H and O–H groups in total. The van der Waals surface area contributed by atoms with Gasteiger partial charge >= 0.3 is 0 Å². The minimum Gasteiger partial charge on any atom is -0.383 e. The van der Waals surface area contributed by atoms with Crippen LogP contribution in [0.3, 0.4) is 0 Å². The van der Waals surface area contributed by atoms with Crippen LogP contribution in [0.15, 0.2) is 107 Å². The molecule has 456 valence electrons. The average molecular weight is 1340 g/mol. The number of halogens is 6. The predicted molar refractivity (Wildman–Crippen MR) is 318 cm³/mol. The van der Waals surface area contributed by atoms with Crippen molar-refractivity contribution in [3.05, 3.63) is 154 Å². The molecule has 3 aliphatic heterocycles. The monoisotopic (exact) mass is 1340 g/mol. The number of hydrogen-bond acceptors (Lipinski definition) is 15. The molecule has 0 aliphatic carbocycles. The van der Waals surface area contributed by atoms with E-state index in [9.17, 15) is 52.8 Å². The van der Waals surface area contributed by atoms with E-state index in [1.165, 1.54) is 91.7 Å². The topological polar surface area (TPSA) is 263 Å². The van der Waals surface area contributed by atoms with Crippen molar-refractivity contribution < 1.29 is 67.0 Å². The van der Waals surface area contributed by atoms with Crippen LogP contribution in [0.4, 0.5) is 30.2 Å². The SMILES string of the molecule is COCCN1C(C(=O)Nc2ccc(F)c(Cl)c2)CC(c2cccs2)NS1(=O)=O.COCCN1[C@@H](C(=O)Nc2ccc(F)c(Cl)c2)C[C@@H](c2cccs2)NS1(=O)=O.COCCN1[C@H](C(=O)Nc2ccc(F)c(Cl)c2)C[C@H](c2cccs2)NS1(=O)=O. The summed E-state index contributed by atoms with van der Waals surface area (Å²) in [6.45, 7) is 0.464. The lowest BCUT2D eigenvalue weighted by molar-refractivity contribution is -0.121. The van der Waals surface area contributed by atoms with Crippen molar-refractivity contribution in [2.75, 3.05) is 76.7 Å². The number of anilines is 3. The number of nitrogens with one attached hydrogen (secondary N) is 6. The Morgan fingerprint density at radius 2 is 0.750 bits per heavy atom. The number of thiophene rings is 3. The van der Waals surface area contributed by atoms with Gasteiger partial charge in [-0.05, 0) is 108 Å². The number of carbonyl (C=O) groups is 3. The smallest absolute Gasteiger partial charge is 0.280 e. The van der Waals surface area contributed by atoms with E-state index in [0.717, 1.165) is 45.7 Å². The molecule has 3 aromatic heterocycles. The molecule has 84 heavy (non-hydrogen) atoms. The molecule has 0 spiro atoms. The van der Waals surface area contributed by atoms with Crippen molar-refractivity contribution in [1.82, 2.24) is 27.1 Å². The Bertz CT molecular complexity index is 3190. The zero-order chi connectivity index (χ0) is 60.9. The van der Waals surface area contributed by atoms with E-state index in [1.807, 2.05) is 52.5 Å². The Balaban J connectivity index is 0.000000181. The first-order valence-electron chi connectivity index (χ1n) is 25.2. The van der Waals surface area contributed by atoms with Crippen molar-refractivity contribution >= 4 is 134 Å². The van der Waals surface area contributed by atoms with Crippen molar-refractivity contribution in [3.8, 4) is 0 Å². The van der Waals surface area contributed by atoms with E-state index in [2.05, 4.69) is 30.1 Å². The first kappa shape index (κ1) is 66.8. The van der Waals surface area contributed by atoms with Crippen molar-refractivity contribution in [2.24, 2.45) is 0 Å². The number of hydrogen-bond donors (Lipinski definition) is 6. The van der Waals surface area contributed by atoms with Crippen molar-refractivity contribution in [1.29, 1.82) is 0 Å². The summed E-state index contributed by atoms with van der Waals surface area (Å²) < 4.78 is 143. The van der Waals surface area contributed by atoms with Crippen LogP contribution < -0.4 is 30.1 Å². The second kappa shape index (κ2) is 30.3. The minimum atomic E-state index is -3.91. The lowest BCUT2D eigenvalue weighted by Crippen LogP contribution is -2.58. The fourth-order valence-electron chi connectivity index (χ4n) is 8.89. The summed E-state index contributed by atoms with van der Waals surface area (Å²) in [6.07, 6.45) is 0.721. The zero-order valence-electron chi connectivity index (χ0n) is 44.7. The van der Waals surface area contributed by atoms with Crippen LogP contribution in [0, 0.1) is 17.5 Å². The Morgan fingerprint density at radius 3 is 0.964 bits per heavy atom. The highest BCUT2D eigenvalue weighted by Crippen LogP contribution is 2.35. The normalized spacial score (nSPS) is 22.1. The van der Waals surface area contributed by atoms with Crippen molar-refractivity contribution in [3.63, 3.8) is 0 Å². The fourth-order valence-corrected chi connectivity index (χ4v) is 16.7. The number of carbonyl (C=O) groups excluding carboxylic acids is 3. The molecule has 21 nitrogen and oxygen atoms in total. The maximum Gasteiger partial charge on any atom is 0.280 e. The second-order valence-electron chi connectivity index (χ2n) is 18.5. The highest BCUT2D eigenvalue weighted by molar-refractivity contribution is 7.87. The van der Waals surface area contributed by atoms with Crippen LogP contribution in [0.1, 0.15) is 52.0 Å². The first-order chi connectivity index (χ1) is 39.9. The summed E-state index contributed by atoms with van der Waals surface area (Å²) in [4.78, 5) is 41.2. The number of ether oxygens (including phenoxy) is 3. The van der Waals surface area contributed by atoms with E-state index in [0.29, 0.717) is 0 Å². The molecule has 6 atom stereocenters. The standard InChI is InChI=1S/3C17H19ClFN3O4S2/c3*1-26-7-6-22-15(17(23)20-11-4-5-13(19)12(18)9-11)10-14(21-28(22,24)25)16-3-2-8-27-16/h3*2-5,8-9,14-15,21H,6-7,10H2,1H3,(H,20,23)/t2*14-,15+;/m10./s1. The van der Waals surface area contributed by atoms with Gasteiger partial charge in [-0.2, -0.15) is 52.3 Å². The van der Waals surface area contributed by atoms with Gasteiger partial charge in [-0.3, -0.25) is 14.4 Å². The third-order valence-electron chi connectivity index (χ3n) is 12.9.